The molecule has 0 aromatic carbocycles. The van der Waals surface area contributed by atoms with Crippen LogP contribution in [0.4, 0.5) is 0 Å². The van der Waals surface area contributed by atoms with Gasteiger partial charge in [0.05, 0.1) is 12.2 Å². The molecule has 0 aliphatic carbocycles. The van der Waals surface area contributed by atoms with Gasteiger partial charge in [0.15, 0.2) is 5.03 Å². The van der Waals surface area contributed by atoms with Gasteiger partial charge in [0.2, 0.25) is 5.91 Å². The molecule has 2 saturated heterocycles. The van der Waals surface area contributed by atoms with Gasteiger partial charge < -0.3 is 9.88 Å². The SMILES string of the molecule is Cn1cnc(S(=O)(=O)N2CC[C@@H]3C(=O)NCCCCCCN(Cc4ccncc4)[C@@H]3C2)c1. The van der Waals surface area contributed by atoms with Crippen molar-refractivity contribution in [3.63, 3.8) is 0 Å². The summed E-state index contributed by atoms with van der Waals surface area (Å²) in [7, 11) is -1.96. The zero-order chi connectivity index (χ0) is 22.6. The second-order valence-corrected chi connectivity index (χ2v) is 10.6. The Kier molecular flexibility index (Phi) is 7.22. The summed E-state index contributed by atoms with van der Waals surface area (Å²) in [6, 6.07) is 3.75. The molecule has 9 nitrogen and oxygen atoms in total. The number of nitrogens with zero attached hydrogens (tertiary/aromatic N) is 5. The van der Waals surface area contributed by atoms with Crippen LogP contribution in [0.25, 0.3) is 0 Å². The maximum Gasteiger partial charge on any atom is 0.262 e. The summed E-state index contributed by atoms with van der Waals surface area (Å²) >= 11 is 0. The second-order valence-electron chi connectivity index (χ2n) is 8.73. The maximum absolute atomic E-state index is 13.3. The minimum Gasteiger partial charge on any atom is -0.356 e. The van der Waals surface area contributed by atoms with Crippen molar-refractivity contribution in [1.29, 1.82) is 0 Å². The Balaban J connectivity index is 1.63. The number of hydrogen-bond acceptors (Lipinski definition) is 6. The number of aryl methyl sites for hydroxylation is 1. The van der Waals surface area contributed by atoms with E-state index in [0.29, 0.717) is 26.1 Å². The Bertz CT molecular complexity index is 1010. The first-order valence-corrected chi connectivity index (χ1v) is 12.8. The number of pyridine rings is 1. The van der Waals surface area contributed by atoms with Crippen LogP contribution in [-0.2, 0) is 28.4 Å². The normalized spacial score (nSPS) is 24.3. The lowest BCUT2D eigenvalue weighted by molar-refractivity contribution is -0.129. The van der Waals surface area contributed by atoms with Crippen LogP contribution >= 0.6 is 0 Å². The highest BCUT2D eigenvalue weighted by atomic mass is 32.2. The van der Waals surface area contributed by atoms with E-state index >= 15 is 0 Å². The molecule has 2 aromatic heterocycles. The number of aromatic nitrogens is 3. The summed E-state index contributed by atoms with van der Waals surface area (Å²) in [4.78, 5) is 23.6. The fraction of sp³-hybridized carbons (Fsp3) is 0.591. The Hall–Kier alpha value is -2.30. The molecule has 32 heavy (non-hydrogen) atoms. The summed E-state index contributed by atoms with van der Waals surface area (Å²) in [5.74, 6) is -0.211. The highest BCUT2D eigenvalue weighted by Gasteiger charge is 2.42. The van der Waals surface area contributed by atoms with E-state index in [1.54, 1.807) is 24.0 Å². The standard InChI is InChI=1S/C22H32N6O3S/c1-26-16-21(25-17-26)32(30,31)28-13-8-19-20(15-28)27(14-18-6-10-23-11-7-18)12-5-3-2-4-9-24-22(19)29/h6-7,10-11,16-17,19-20H,2-5,8-9,12-15H2,1H3,(H,24,29)/t19-,20+/m0/s1. The molecule has 2 aliphatic rings. The van der Waals surface area contributed by atoms with Gasteiger partial charge in [-0.05, 0) is 43.5 Å². The van der Waals surface area contributed by atoms with Gasteiger partial charge in [-0.2, -0.15) is 4.31 Å². The predicted octanol–water partition coefficient (Wildman–Crippen LogP) is 1.39. The number of amides is 1. The van der Waals surface area contributed by atoms with Crippen molar-refractivity contribution < 1.29 is 13.2 Å². The first-order valence-electron chi connectivity index (χ1n) is 11.3. The number of sulfonamides is 1. The van der Waals surface area contributed by atoms with Crippen LogP contribution < -0.4 is 5.32 Å². The lowest BCUT2D eigenvalue weighted by Crippen LogP contribution is -2.57. The van der Waals surface area contributed by atoms with E-state index in [0.717, 1.165) is 37.8 Å². The molecule has 2 aliphatic heterocycles. The maximum atomic E-state index is 13.3. The number of piperidine rings is 1. The zero-order valence-electron chi connectivity index (χ0n) is 18.6. The Labute approximate surface area is 189 Å². The molecule has 4 rings (SSSR count). The molecule has 2 fully saturated rings. The number of hydrogen-bond donors (Lipinski definition) is 1. The summed E-state index contributed by atoms with van der Waals surface area (Å²) in [6.07, 6.45) is 11.2. The fourth-order valence-corrected chi connectivity index (χ4v) is 6.11. The van der Waals surface area contributed by atoms with Gasteiger partial charge in [-0.3, -0.25) is 14.7 Å². The minimum atomic E-state index is -3.72. The average Bonchev–Trinajstić information content (AvgIpc) is 3.23. The fourth-order valence-electron chi connectivity index (χ4n) is 4.67. The van der Waals surface area contributed by atoms with E-state index in [1.807, 2.05) is 12.1 Å². The highest BCUT2D eigenvalue weighted by molar-refractivity contribution is 7.89. The van der Waals surface area contributed by atoms with E-state index in [9.17, 15) is 13.2 Å². The van der Waals surface area contributed by atoms with Gasteiger partial charge in [-0.15, -0.1) is 0 Å². The van der Waals surface area contributed by atoms with Crippen LogP contribution in [0.5, 0.6) is 0 Å². The molecule has 0 bridgehead atoms. The molecule has 2 atom stereocenters. The van der Waals surface area contributed by atoms with Gasteiger partial charge in [-0.1, -0.05) is 12.8 Å². The van der Waals surface area contributed by atoms with E-state index in [2.05, 4.69) is 20.2 Å². The quantitative estimate of drug-likeness (QED) is 0.740. The number of fused-ring (bicyclic) bond motifs is 1. The largest absolute Gasteiger partial charge is 0.356 e. The molecular weight excluding hydrogens is 428 g/mol. The third-order valence-electron chi connectivity index (χ3n) is 6.44. The van der Waals surface area contributed by atoms with Crippen molar-refractivity contribution in [2.75, 3.05) is 26.2 Å². The molecule has 4 heterocycles. The van der Waals surface area contributed by atoms with Crippen LogP contribution in [0.3, 0.4) is 0 Å². The molecule has 1 N–H and O–H groups in total. The molecule has 0 spiro atoms. The molecule has 0 unspecified atom stereocenters. The lowest BCUT2D eigenvalue weighted by atomic mass is 9.90. The molecule has 2 aromatic rings. The smallest absolute Gasteiger partial charge is 0.262 e. The topological polar surface area (TPSA) is 100 Å². The molecule has 174 valence electrons. The number of imidazole rings is 1. The van der Waals surface area contributed by atoms with Gasteiger partial charge >= 0.3 is 0 Å². The lowest BCUT2D eigenvalue weighted by Gasteiger charge is -2.43. The first-order chi connectivity index (χ1) is 15.4. The number of carbonyl (C=O) groups is 1. The van der Waals surface area contributed by atoms with E-state index in [1.165, 1.54) is 16.8 Å². The first kappa shape index (κ1) is 22.9. The van der Waals surface area contributed by atoms with Crippen LogP contribution in [0.1, 0.15) is 37.7 Å². The van der Waals surface area contributed by atoms with Crippen molar-refractivity contribution in [2.24, 2.45) is 13.0 Å². The number of carbonyl (C=O) groups excluding carboxylic acids is 1. The second kappa shape index (κ2) is 10.1. The molecule has 0 radical (unpaired) electrons. The van der Waals surface area contributed by atoms with Gasteiger partial charge in [0.1, 0.15) is 0 Å². The molecule has 10 heteroatoms. The van der Waals surface area contributed by atoms with Crippen molar-refractivity contribution in [3.05, 3.63) is 42.6 Å². The Morgan fingerprint density at radius 1 is 1.12 bits per heavy atom. The molecule has 0 saturated carbocycles. The summed E-state index contributed by atoms with van der Waals surface area (Å²) in [5, 5.41) is 3.15. The zero-order valence-corrected chi connectivity index (χ0v) is 19.4. The average molecular weight is 461 g/mol. The van der Waals surface area contributed by atoms with Gasteiger partial charge in [0.25, 0.3) is 10.0 Å². The Morgan fingerprint density at radius 3 is 2.66 bits per heavy atom. The summed E-state index contributed by atoms with van der Waals surface area (Å²) in [5.41, 5.74) is 1.11. The van der Waals surface area contributed by atoms with Crippen LogP contribution in [0.15, 0.2) is 42.1 Å². The van der Waals surface area contributed by atoms with Crippen LogP contribution in [0.2, 0.25) is 0 Å². The predicted molar refractivity (Wildman–Crippen MR) is 120 cm³/mol. The number of rotatable bonds is 4. The van der Waals surface area contributed by atoms with E-state index in [4.69, 9.17) is 0 Å². The van der Waals surface area contributed by atoms with E-state index < -0.39 is 10.0 Å². The van der Waals surface area contributed by atoms with Crippen molar-refractivity contribution >= 4 is 15.9 Å². The van der Waals surface area contributed by atoms with Gasteiger partial charge in [0, 0.05) is 57.9 Å². The van der Waals surface area contributed by atoms with Crippen molar-refractivity contribution in [1.82, 2.24) is 29.1 Å². The third-order valence-corrected chi connectivity index (χ3v) is 8.19. The summed E-state index contributed by atoms with van der Waals surface area (Å²) < 4.78 is 29.7. The monoisotopic (exact) mass is 460 g/mol. The van der Waals surface area contributed by atoms with Crippen molar-refractivity contribution in [3.8, 4) is 0 Å². The van der Waals surface area contributed by atoms with E-state index in [-0.39, 0.29) is 29.4 Å². The van der Waals surface area contributed by atoms with Crippen LogP contribution in [-0.4, -0.2) is 70.3 Å². The van der Waals surface area contributed by atoms with Crippen LogP contribution in [0, 0.1) is 5.92 Å². The third kappa shape index (κ3) is 5.19. The minimum absolute atomic E-state index is 0.0338. The Morgan fingerprint density at radius 2 is 1.91 bits per heavy atom. The highest BCUT2D eigenvalue weighted by Crippen LogP contribution is 2.29. The van der Waals surface area contributed by atoms with Crippen molar-refractivity contribution in [2.45, 2.75) is 49.7 Å². The summed E-state index contributed by atoms with van der Waals surface area (Å²) in [6.45, 7) is 2.77. The molecular formula is C22H32N6O3S. The molecule has 1 amide bonds. The number of nitrogens with one attached hydrogen (secondary N) is 1. The van der Waals surface area contributed by atoms with Gasteiger partial charge in [-0.25, -0.2) is 13.4 Å².